The van der Waals surface area contributed by atoms with Crippen LogP contribution in [0.1, 0.15) is 64.7 Å². The highest BCUT2D eigenvalue weighted by Crippen LogP contribution is 2.44. The molecule has 1 aliphatic rings. The number of hydrogen-bond acceptors (Lipinski definition) is 5. The Kier molecular flexibility index (Phi) is 4.90. The van der Waals surface area contributed by atoms with E-state index in [2.05, 4.69) is 25.3 Å². The molecule has 0 amide bonds. The summed E-state index contributed by atoms with van der Waals surface area (Å²) in [4.78, 5) is 43.1. The Balaban J connectivity index is 2.00. The summed E-state index contributed by atoms with van der Waals surface area (Å²) in [5, 5.41) is 0. The van der Waals surface area contributed by atoms with E-state index in [-0.39, 0.29) is 17.0 Å². The number of aromatic nitrogens is 5. The molecule has 0 spiro atoms. The molecule has 0 radical (unpaired) electrons. The van der Waals surface area contributed by atoms with Gasteiger partial charge in [0.05, 0.1) is 7.11 Å². The molecule has 3 atom stereocenters. The van der Waals surface area contributed by atoms with Gasteiger partial charge in [-0.2, -0.15) is 4.98 Å². The van der Waals surface area contributed by atoms with Crippen LogP contribution < -0.4 is 11.2 Å². The molecule has 0 bridgehead atoms. The molecule has 168 valence electrons. The zero-order valence-corrected chi connectivity index (χ0v) is 19.3. The Labute approximate surface area is 180 Å². The van der Waals surface area contributed by atoms with Gasteiger partial charge >= 0.3 is 11.7 Å². The van der Waals surface area contributed by atoms with Gasteiger partial charge in [-0.05, 0) is 44.4 Å². The lowest BCUT2D eigenvalue weighted by molar-refractivity contribution is -0.144. The van der Waals surface area contributed by atoms with Crippen molar-refractivity contribution in [3.8, 4) is 0 Å². The summed E-state index contributed by atoms with van der Waals surface area (Å²) >= 11 is 0. The minimum atomic E-state index is -1.03. The van der Waals surface area contributed by atoms with Crippen LogP contribution in [0.2, 0.25) is 0 Å². The fourth-order valence-electron chi connectivity index (χ4n) is 5.56. The Morgan fingerprint density at radius 1 is 1.29 bits per heavy atom. The van der Waals surface area contributed by atoms with Gasteiger partial charge in [0.1, 0.15) is 6.04 Å². The molecule has 1 fully saturated rings. The predicted molar refractivity (Wildman–Crippen MR) is 117 cm³/mol. The molecule has 0 aromatic carbocycles. The van der Waals surface area contributed by atoms with Crippen molar-refractivity contribution in [2.75, 3.05) is 7.11 Å². The second-order valence-electron chi connectivity index (χ2n) is 9.88. The third kappa shape index (κ3) is 3.21. The zero-order valence-electron chi connectivity index (χ0n) is 19.3. The van der Waals surface area contributed by atoms with Crippen molar-refractivity contribution >= 4 is 22.9 Å². The van der Waals surface area contributed by atoms with Crippen LogP contribution in [0.3, 0.4) is 0 Å². The number of aryl methyl sites for hydroxylation is 2. The van der Waals surface area contributed by atoms with Crippen molar-refractivity contribution in [2.24, 2.45) is 18.4 Å². The fraction of sp³-hybridized carbons (Fsp3) is 0.636. The van der Waals surface area contributed by atoms with Gasteiger partial charge in [0.25, 0.3) is 5.56 Å². The second kappa shape index (κ2) is 7.10. The minimum Gasteiger partial charge on any atom is -0.467 e. The van der Waals surface area contributed by atoms with E-state index in [0.717, 1.165) is 23.1 Å². The first-order chi connectivity index (χ1) is 14.5. The van der Waals surface area contributed by atoms with Crippen molar-refractivity contribution in [1.29, 1.82) is 0 Å². The van der Waals surface area contributed by atoms with Crippen LogP contribution in [0.15, 0.2) is 15.8 Å². The van der Waals surface area contributed by atoms with E-state index in [0.29, 0.717) is 17.3 Å². The lowest BCUT2D eigenvalue weighted by Crippen LogP contribution is -2.43. The van der Waals surface area contributed by atoms with Crippen LogP contribution in [0.4, 0.5) is 0 Å². The maximum atomic E-state index is 13.4. The van der Waals surface area contributed by atoms with Crippen molar-refractivity contribution in [3.63, 3.8) is 0 Å². The van der Waals surface area contributed by atoms with Crippen molar-refractivity contribution in [1.82, 2.24) is 23.1 Å². The maximum Gasteiger partial charge on any atom is 0.333 e. The standard InChI is InChI=1S/C22H31N5O4/c1-12-8-15(10-22(4,5)9-12)26-13(2)11-25-16-17(23-20(25)26)24(6)21(30)27(18(16)28)14(3)19(29)31-7/h11-12,14-15H,8-10H2,1-7H3/t12-,14+,15+/m1/s1. The molecule has 0 unspecified atom stereocenters. The number of carbonyl (C=O) groups is 1. The highest BCUT2D eigenvalue weighted by atomic mass is 16.5. The summed E-state index contributed by atoms with van der Waals surface area (Å²) < 4.78 is 11.0. The van der Waals surface area contributed by atoms with Gasteiger partial charge in [0.15, 0.2) is 11.2 Å². The van der Waals surface area contributed by atoms with E-state index in [1.165, 1.54) is 25.0 Å². The molecule has 3 aromatic heterocycles. The van der Waals surface area contributed by atoms with Crippen LogP contribution in [0, 0.1) is 18.3 Å². The molecular formula is C22H31N5O4. The molecule has 9 heteroatoms. The lowest BCUT2D eigenvalue weighted by Gasteiger charge is -2.39. The summed E-state index contributed by atoms with van der Waals surface area (Å²) in [5.74, 6) is 0.590. The summed E-state index contributed by atoms with van der Waals surface area (Å²) in [7, 11) is 2.81. The average molecular weight is 430 g/mol. The number of fused-ring (bicyclic) bond motifs is 3. The molecule has 9 nitrogen and oxygen atoms in total. The van der Waals surface area contributed by atoms with E-state index in [1.54, 1.807) is 11.4 Å². The first-order valence-corrected chi connectivity index (χ1v) is 10.8. The molecular weight excluding hydrogens is 398 g/mol. The van der Waals surface area contributed by atoms with Gasteiger partial charge in [-0.3, -0.25) is 13.8 Å². The topological polar surface area (TPSA) is 92.5 Å². The largest absolute Gasteiger partial charge is 0.467 e. The Bertz CT molecular complexity index is 1310. The minimum absolute atomic E-state index is 0.220. The summed E-state index contributed by atoms with van der Waals surface area (Å²) in [6.45, 7) is 10.4. The summed E-state index contributed by atoms with van der Waals surface area (Å²) in [6.07, 6.45) is 5.14. The van der Waals surface area contributed by atoms with Crippen molar-refractivity contribution in [2.45, 2.75) is 66.0 Å². The molecule has 1 aliphatic carbocycles. The summed E-state index contributed by atoms with van der Waals surface area (Å²) in [6, 6.07) is -0.768. The molecule has 0 aliphatic heterocycles. The van der Waals surface area contributed by atoms with Crippen LogP contribution in [-0.2, 0) is 16.6 Å². The Morgan fingerprint density at radius 2 is 1.97 bits per heavy atom. The van der Waals surface area contributed by atoms with Crippen molar-refractivity contribution < 1.29 is 9.53 Å². The van der Waals surface area contributed by atoms with E-state index < -0.39 is 23.3 Å². The SMILES string of the molecule is COC(=O)[C@H](C)n1c(=O)c2c(nc3n([C@H]4C[C@@H](C)CC(C)(C)C4)c(C)cn23)n(C)c1=O. The number of methoxy groups -OCH3 is 1. The number of imidazole rings is 2. The first-order valence-electron chi connectivity index (χ1n) is 10.8. The van der Waals surface area contributed by atoms with Crippen LogP contribution >= 0.6 is 0 Å². The van der Waals surface area contributed by atoms with Gasteiger partial charge in [0.2, 0.25) is 5.78 Å². The van der Waals surface area contributed by atoms with Gasteiger partial charge in [-0.1, -0.05) is 20.8 Å². The van der Waals surface area contributed by atoms with Gasteiger partial charge in [-0.15, -0.1) is 0 Å². The van der Waals surface area contributed by atoms with Crippen molar-refractivity contribution in [3.05, 3.63) is 32.7 Å². The summed E-state index contributed by atoms with van der Waals surface area (Å²) in [5.41, 5.74) is 0.704. The molecule has 4 rings (SSSR count). The van der Waals surface area contributed by atoms with E-state index in [4.69, 9.17) is 9.72 Å². The molecule has 31 heavy (non-hydrogen) atoms. The Hall–Kier alpha value is -2.84. The number of ether oxygens (including phenoxy) is 1. The van der Waals surface area contributed by atoms with Crippen LogP contribution in [0.25, 0.3) is 16.9 Å². The molecule has 1 saturated carbocycles. The number of hydrogen-bond donors (Lipinski definition) is 0. The zero-order chi connectivity index (χ0) is 22.8. The monoisotopic (exact) mass is 429 g/mol. The molecule has 3 heterocycles. The molecule has 3 aromatic rings. The third-order valence-electron chi connectivity index (χ3n) is 6.68. The van der Waals surface area contributed by atoms with E-state index >= 15 is 0 Å². The number of rotatable bonds is 3. The smallest absolute Gasteiger partial charge is 0.333 e. The average Bonchev–Trinajstić information content (AvgIpc) is 3.18. The number of carbonyl (C=O) groups excluding carboxylic acids is 1. The third-order valence-corrected chi connectivity index (χ3v) is 6.68. The second-order valence-corrected chi connectivity index (χ2v) is 9.88. The van der Waals surface area contributed by atoms with Gasteiger partial charge in [0, 0.05) is 25.0 Å². The van der Waals surface area contributed by atoms with Crippen LogP contribution in [-0.4, -0.2) is 36.2 Å². The van der Waals surface area contributed by atoms with Crippen LogP contribution in [0.5, 0.6) is 0 Å². The predicted octanol–water partition coefficient (Wildman–Crippen LogP) is 2.58. The van der Waals surface area contributed by atoms with E-state index in [1.807, 2.05) is 13.1 Å². The van der Waals surface area contributed by atoms with E-state index in [9.17, 15) is 14.4 Å². The molecule has 0 saturated heterocycles. The van der Waals surface area contributed by atoms with Gasteiger partial charge in [-0.25, -0.2) is 14.2 Å². The Morgan fingerprint density at radius 3 is 2.58 bits per heavy atom. The van der Waals surface area contributed by atoms with Gasteiger partial charge < -0.3 is 9.30 Å². The first kappa shape index (κ1) is 21.4. The number of esters is 1. The maximum absolute atomic E-state index is 13.4. The highest BCUT2D eigenvalue weighted by Gasteiger charge is 2.35. The lowest BCUT2D eigenvalue weighted by atomic mass is 9.70. The fourth-order valence-corrected chi connectivity index (χ4v) is 5.56. The molecule has 0 N–H and O–H groups in total. The number of nitrogens with zero attached hydrogens (tertiary/aromatic N) is 5. The normalized spacial score (nSPS) is 22.2. The quantitative estimate of drug-likeness (QED) is 0.597. The highest BCUT2D eigenvalue weighted by molar-refractivity contribution is 5.77.